The molecule has 3 heteroatoms. The highest BCUT2D eigenvalue weighted by atomic mass is 16.5. The zero-order valence-electron chi connectivity index (χ0n) is 14.6. The van der Waals surface area contributed by atoms with Gasteiger partial charge in [0, 0.05) is 5.69 Å². The van der Waals surface area contributed by atoms with Crippen molar-refractivity contribution in [2.45, 2.75) is 40.0 Å². The molecule has 0 aliphatic rings. The van der Waals surface area contributed by atoms with E-state index in [0.29, 0.717) is 5.75 Å². The summed E-state index contributed by atoms with van der Waals surface area (Å²) in [6, 6.07) is 13.8. The normalized spacial score (nSPS) is 11.2. The first kappa shape index (κ1) is 17.1. The summed E-state index contributed by atoms with van der Waals surface area (Å²) in [6.45, 7) is 10.5. The maximum Gasteiger partial charge on any atom is 0.262 e. The van der Waals surface area contributed by atoms with E-state index in [9.17, 15) is 4.79 Å². The van der Waals surface area contributed by atoms with Gasteiger partial charge in [0.1, 0.15) is 5.75 Å². The van der Waals surface area contributed by atoms with Crippen LogP contribution in [0.3, 0.4) is 0 Å². The van der Waals surface area contributed by atoms with Crippen molar-refractivity contribution in [1.82, 2.24) is 0 Å². The van der Waals surface area contributed by atoms with E-state index in [1.165, 1.54) is 11.1 Å². The molecule has 0 heterocycles. The van der Waals surface area contributed by atoms with Crippen LogP contribution in [-0.2, 0) is 10.2 Å². The molecule has 0 saturated heterocycles. The number of carbonyl (C=O) groups is 1. The third-order valence-electron chi connectivity index (χ3n) is 3.73. The van der Waals surface area contributed by atoms with Crippen LogP contribution < -0.4 is 10.1 Å². The fraction of sp³-hybridized carbons (Fsp3) is 0.350. The Morgan fingerprint density at radius 3 is 2.48 bits per heavy atom. The number of hydrogen-bond acceptors (Lipinski definition) is 2. The molecule has 0 fully saturated rings. The average Bonchev–Trinajstić information content (AvgIpc) is 2.47. The maximum atomic E-state index is 12.1. The minimum atomic E-state index is -0.155. The molecule has 0 aliphatic heterocycles. The van der Waals surface area contributed by atoms with Crippen LogP contribution in [-0.4, -0.2) is 12.5 Å². The van der Waals surface area contributed by atoms with Crippen LogP contribution in [0.1, 0.15) is 37.5 Å². The van der Waals surface area contributed by atoms with Crippen LogP contribution in [0, 0.1) is 13.8 Å². The van der Waals surface area contributed by atoms with Crippen LogP contribution in [0.5, 0.6) is 5.75 Å². The molecule has 0 atom stereocenters. The Bertz CT molecular complexity index is 699. The zero-order chi connectivity index (χ0) is 17.0. The lowest BCUT2D eigenvalue weighted by atomic mass is 9.87. The van der Waals surface area contributed by atoms with E-state index in [0.717, 1.165) is 11.3 Å². The van der Waals surface area contributed by atoms with Crippen molar-refractivity contribution in [3.63, 3.8) is 0 Å². The van der Waals surface area contributed by atoms with Crippen molar-refractivity contribution in [3.05, 3.63) is 59.2 Å². The second-order valence-electron chi connectivity index (χ2n) is 6.93. The predicted molar refractivity (Wildman–Crippen MR) is 95.2 cm³/mol. The van der Waals surface area contributed by atoms with Crippen molar-refractivity contribution >= 4 is 11.6 Å². The van der Waals surface area contributed by atoms with Gasteiger partial charge >= 0.3 is 0 Å². The lowest BCUT2D eigenvalue weighted by Crippen LogP contribution is -2.21. The molecule has 1 N–H and O–H groups in total. The maximum absolute atomic E-state index is 12.1. The highest BCUT2D eigenvalue weighted by Crippen LogP contribution is 2.25. The molecule has 0 radical (unpaired) electrons. The summed E-state index contributed by atoms with van der Waals surface area (Å²) in [6.07, 6.45) is 0. The fourth-order valence-electron chi connectivity index (χ4n) is 2.34. The van der Waals surface area contributed by atoms with Crippen molar-refractivity contribution in [2.75, 3.05) is 11.9 Å². The molecule has 2 aromatic carbocycles. The number of amides is 1. The van der Waals surface area contributed by atoms with E-state index in [1.54, 1.807) is 0 Å². The monoisotopic (exact) mass is 311 g/mol. The topological polar surface area (TPSA) is 38.3 Å². The highest BCUT2D eigenvalue weighted by Gasteiger charge is 2.14. The highest BCUT2D eigenvalue weighted by molar-refractivity contribution is 5.92. The van der Waals surface area contributed by atoms with Gasteiger partial charge in [-0.15, -0.1) is 0 Å². The van der Waals surface area contributed by atoms with Gasteiger partial charge in [-0.25, -0.2) is 0 Å². The first-order valence-electron chi connectivity index (χ1n) is 7.86. The second kappa shape index (κ2) is 6.86. The molecule has 3 nitrogen and oxygen atoms in total. The van der Waals surface area contributed by atoms with E-state index in [1.807, 2.05) is 50.2 Å². The van der Waals surface area contributed by atoms with Crippen molar-refractivity contribution in [2.24, 2.45) is 0 Å². The molecule has 0 aliphatic carbocycles. The molecule has 0 aromatic heterocycles. The molecule has 0 saturated carbocycles. The third-order valence-corrected chi connectivity index (χ3v) is 3.73. The minimum Gasteiger partial charge on any atom is -0.484 e. The Morgan fingerprint density at radius 2 is 1.83 bits per heavy atom. The van der Waals surface area contributed by atoms with Gasteiger partial charge in [0.25, 0.3) is 5.91 Å². The Balaban J connectivity index is 1.97. The molecule has 0 unspecified atom stereocenters. The van der Waals surface area contributed by atoms with Gasteiger partial charge < -0.3 is 10.1 Å². The first-order chi connectivity index (χ1) is 10.8. The number of benzene rings is 2. The Kier molecular flexibility index (Phi) is 5.09. The number of aryl methyl sites for hydroxylation is 2. The van der Waals surface area contributed by atoms with Gasteiger partial charge in [-0.2, -0.15) is 0 Å². The summed E-state index contributed by atoms with van der Waals surface area (Å²) in [7, 11) is 0. The van der Waals surface area contributed by atoms with E-state index < -0.39 is 0 Å². The van der Waals surface area contributed by atoms with Crippen LogP contribution >= 0.6 is 0 Å². The molecular formula is C20H25NO2. The fourth-order valence-corrected chi connectivity index (χ4v) is 2.34. The summed E-state index contributed by atoms with van der Waals surface area (Å²) >= 11 is 0. The van der Waals surface area contributed by atoms with Crippen molar-refractivity contribution in [1.29, 1.82) is 0 Å². The molecule has 122 valence electrons. The smallest absolute Gasteiger partial charge is 0.262 e. The largest absolute Gasteiger partial charge is 0.484 e. The number of ether oxygens (including phenoxy) is 1. The predicted octanol–water partition coefficient (Wildman–Crippen LogP) is 4.62. The summed E-state index contributed by atoms with van der Waals surface area (Å²) in [5.74, 6) is 0.561. The zero-order valence-corrected chi connectivity index (χ0v) is 14.6. The van der Waals surface area contributed by atoms with E-state index in [-0.39, 0.29) is 17.9 Å². The summed E-state index contributed by atoms with van der Waals surface area (Å²) < 4.78 is 5.63. The van der Waals surface area contributed by atoms with Gasteiger partial charge in [-0.3, -0.25) is 4.79 Å². The minimum absolute atomic E-state index is 0.000905. The van der Waals surface area contributed by atoms with Gasteiger partial charge in [-0.05, 0) is 48.6 Å². The van der Waals surface area contributed by atoms with Gasteiger partial charge in [0.05, 0.1) is 0 Å². The van der Waals surface area contributed by atoms with Crippen LogP contribution in [0.2, 0.25) is 0 Å². The Morgan fingerprint density at radius 1 is 1.09 bits per heavy atom. The quantitative estimate of drug-likeness (QED) is 0.895. The van der Waals surface area contributed by atoms with Crippen LogP contribution in [0.25, 0.3) is 0 Å². The molecule has 0 bridgehead atoms. The molecule has 2 aromatic rings. The van der Waals surface area contributed by atoms with Crippen LogP contribution in [0.4, 0.5) is 5.69 Å². The lowest BCUT2D eigenvalue weighted by Gasteiger charge is -2.19. The number of rotatable bonds is 4. The van der Waals surface area contributed by atoms with E-state index in [2.05, 4.69) is 32.2 Å². The number of anilines is 1. The van der Waals surface area contributed by atoms with Gasteiger partial charge in [0.15, 0.2) is 6.61 Å². The van der Waals surface area contributed by atoms with Crippen molar-refractivity contribution < 1.29 is 9.53 Å². The summed E-state index contributed by atoms with van der Waals surface area (Å²) in [5.41, 5.74) is 4.29. The molecule has 0 spiro atoms. The van der Waals surface area contributed by atoms with E-state index >= 15 is 0 Å². The first-order valence-corrected chi connectivity index (χ1v) is 7.86. The standard InChI is InChI=1S/C20H25NO2/c1-14-9-10-18(15(2)11-14)21-19(22)13-23-17-8-6-7-16(12-17)20(3,4)5/h6-12H,13H2,1-5H3,(H,21,22). The third kappa shape index (κ3) is 4.85. The van der Waals surface area contributed by atoms with Gasteiger partial charge in [-0.1, -0.05) is 50.6 Å². The summed E-state index contributed by atoms with van der Waals surface area (Å²) in [5, 5.41) is 2.89. The summed E-state index contributed by atoms with van der Waals surface area (Å²) in [4.78, 5) is 12.1. The number of hydrogen-bond donors (Lipinski definition) is 1. The Hall–Kier alpha value is -2.29. The molecule has 1 amide bonds. The lowest BCUT2D eigenvalue weighted by molar-refractivity contribution is -0.118. The van der Waals surface area contributed by atoms with Crippen LogP contribution in [0.15, 0.2) is 42.5 Å². The molecule has 23 heavy (non-hydrogen) atoms. The van der Waals surface area contributed by atoms with Crippen molar-refractivity contribution in [3.8, 4) is 5.75 Å². The van der Waals surface area contributed by atoms with Gasteiger partial charge in [0.2, 0.25) is 0 Å². The average molecular weight is 311 g/mol. The number of nitrogens with one attached hydrogen (secondary N) is 1. The number of carbonyl (C=O) groups excluding carboxylic acids is 1. The second-order valence-corrected chi connectivity index (χ2v) is 6.93. The molecular weight excluding hydrogens is 286 g/mol. The Labute approximate surface area is 138 Å². The molecule has 2 rings (SSSR count). The SMILES string of the molecule is Cc1ccc(NC(=O)COc2cccc(C(C)(C)C)c2)c(C)c1. The van der Waals surface area contributed by atoms with E-state index in [4.69, 9.17) is 4.74 Å².